The van der Waals surface area contributed by atoms with E-state index >= 15 is 0 Å². The van der Waals surface area contributed by atoms with Gasteiger partial charge in [-0.3, -0.25) is 4.79 Å². The van der Waals surface area contributed by atoms with E-state index < -0.39 is 0 Å². The van der Waals surface area contributed by atoms with Crippen LogP contribution in [0.4, 0.5) is 10.4 Å². The number of hydrogen-bond donors (Lipinski definition) is 0. The third-order valence-electron chi connectivity index (χ3n) is 5.52. The largest absolute Gasteiger partial charge is 0.422 e. The molecule has 0 atom stereocenters. The first-order valence-electron chi connectivity index (χ1n) is 9.70. The van der Waals surface area contributed by atoms with Gasteiger partial charge in [-0.1, -0.05) is 12.1 Å². The number of anilines is 1. The molecule has 0 radical (unpaired) electrons. The SMILES string of the molecule is O=C(Cc1ccc(C2CC2)cc1F)N1CCN(c2nc3ncccc3o2)CC1. The molecule has 3 heterocycles. The van der Waals surface area contributed by atoms with Crippen LogP contribution in [0.5, 0.6) is 0 Å². The van der Waals surface area contributed by atoms with Crippen LogP contribution in [0.15, 0.2) is 40.9 Å². The number of rotatable bonds is 4. The van der Waals surface area contributed by atoms with E-state index in [1.165, 1.54) is 0 Å². The molecule has 2 aliphatic rings. The maximum atomic E-state index is 14.3. The van der Waals surface area contributed by atoms with E-state index in [0.717, 1.165) is 18.4 Å². The van der Waals surface area contributed by atoms with Crippen molar-refractivity contribution in [1.82, 2.24) is 14.9 Å². The van der Waals surface area contributed by atoms with Crippen molar-refractivity contribution in [2.24, 2.45) is 0 Å². The van der Waals surface area contributed by atoms with Crippen molar-refractivity contribution in [3.8, 4) is 0 Å². The van der Waals surface area contributed by atoms with Crippen LogP contribution in [0.2, 0.25) is 0 Å². The number of fused-ring (bicyclic) bond motifs is 1. The third kappa shape index (κ3) is 3.32. The Hall–Kier alpha value is -2.96. The molecule has 2 aromatic heterocycles. The zero-order chi connectivity index (χ0) is 19.1. The second kappa shape index (κ2) is 6.89. The molecule has 0 bridgehead atoms. The van der Waals surface area contributed by atoms with Gasteiger partial charge < -0.3 is 14.2 Å². The zero-order valence-corrected chi connectivity index (χ0v) is 15.5. The van der Waals surface area contributed by atoms with Crippen LogP contribution in [0, 0.1) is 5.82 Å². The van der Waals surface area contributed by atoms with E-state index in [4.69, 9.17) is 4.42 Å². The van der Waals surface area contributed by atoms with Gasteiger partial charge in [-0.15, -0.1) is 0 Å². The van der Waals surface area contributed by atoms with Crippen LogP contribution in [0.1, 0.15) is 29.9 Å². The van der Waals surface area contributed by atoms with Crippen molar-refractivity contribution in [2.75, 3.05) is 31.1 Å². The zero-order valence-electron chi connectivity index (χ0n) is 15.5. The number of carbonyl (C=O) groups excluding carboxylic acids is 1. The molecule has 0 spiro atoms. The average molecular weight is 380 g/mol. The minimum Gasteiger partial charge on any atom is -0.422 e. The monoisotopic (exact) mass is 380 g/mol. The van der Waals surface area contributed by atoms with Crippen molar-refractivity contribution >= 4 is 23.2 Å². The number of carbonyl (C=O) groups is 1. The van der Waals surface area contributed by atoms with E-state index in [9.17, 15) is 9.18 Å². The van der Waals surface area contributed by atoms with Crippen molar-refractivity contribution in [1.29, 1.82) is 0 Å². The Kier molecular flexibility index (Phi) is 4.22. The molecule has 6 nitrogen and oxygen atoms in total. The fourth-order valence-electron chi connectivity index (χ4n) is 3.69. The van der Waals surface area contributed by atoms with Gasteiger partial charge in [0.1, 0.15) is 5.82 Å². The Labute approximate surface area is 162 Å². The van der Waals surface area contributed by atoms with Crippen LogP contribution in [-0.2, 0) is 11.2 Å². The van der Waals surface area contributed by atoms with Crippen LogP contribution in [0.25, 0.3) is 11.2 Å². The molecule has 2 fully saturated rings. The molecule has 28 heavy (non-hydrogen) atoms. The minimum atomic E-state index is -0.268. The lowest BCUT2D eigenvalue weighted by molar-refractivity contribution is -0.130. The van der Waals surface area contributed by atoms with Gasteiger partial charge in [0.05, 0.1) is 6.42 Å². The quantitative estimate of drug-likeness (QED) is 0.696. The molecule has 1 aromatic carbocycles. The normalized spacial score (nSPS) is 17.3. The van der Waals surface area contributed by atoms with Gasteiger partial charge in [-0.2, -0.15) is 4.98 Å². The van der Waals surface area contributed by atoms with Crippen LogP contribution in [0.3, 0.4) is 0 Å². The number of nitrogens with zero attached hydrogens (tertiary/aromatic N) is 4. The summed E-state index contributed by atoms with van der Waals surface area (Å²) in [5.41, 5.74) is 2.76. The van der Waals surface area contributed by atoms with E-state index in [0.29, 0.717) is 54.9 Å². The van der Waals surface area contributed by atoms with Crippen molar-refractivity contribution < 1.29 is 13.6 Å². The number of amides is 1. The summed E-state index contributed by atoms with van der Waals surface area (Å²) in [5.74, 6) is 0.196. The molecule has 1 aliphatic heterocycles. The predicted octanol–water partition coefficient (Wildman–Crippen LogP) is 3.13. The first-order valence-corrected chi connectivity index (χ1v) is 9.70. The smallest absolute Gasteiger partial charge is 0.300 e. The van der Waals surface area contributed by atoms with Gasteiger partial charge >= 0.3 is 0 Å². The summed E-state index contributed by atoms with van der Waals surface area (Å²) in [7, 11) is 0. The summed E-state index contributed by atoms with van der Waals surface area (Å²) in [6, 6.07) is 9.50. The lowest BCUT2D eigenvalue weighted by Gasteiger charge is -2.33. The van der Waals surface area contributed by atoms with Crippen LogP contribution < -0.4 is 4.90 Å². The molecule has 3 aromatic rings. The molecule has 7 heteroatoms. The fraction of sp³-hybridized carbons (Fsp3) is 0.381. The standard InChI is InChI=1S/C21H21FN4O2/c22-17-12-15(14-3-4-14)5-6-16(17)13-19(27)25-8-10-26(11-9-25)21-24-20-18(28-21)2-1-7-23-20/h1-2,5-7,12,14H,3-4,8-11,13H2. The highest BCUT2D eigenvalue weighted by atomic mass is 19.1. The summed E-state index contributed by atoms with van der Waals surface area (Å²) in [4.78, 5) is 25.0. The van der Waals surface area contributed by atoms with Crippen LogP contribution in [-0.4, -0.2) is 47.0 Å². The Morgan fingerprint density at radius 2 is 2.00 bits per heavy atom. The molecule has 5 rings (SSSR count). The molecular formula is C21H21FN4O2. The van der Waals surface area contributed by atoms with Crippen molar-refractivity contribution in [3.05, 3.63) is 53.5 Å². The maximum absolute atomic E-state index is 14.3. The summed E-state index contributed by atoms with van der Waals surface area (Å²) in [5, 5.41) is 0. The Morgan fingerprint density at radius 1 is 1.18 bits per heavy atom. The number of benzene rings is 1. The second-order valence-corrected chi connectivity index (χ2v) is 7.49. The average Bonchev–Trinajstić information content (AvgIpc) is 3.48. The molecule has 1 saturated carbocycles. The second-order valence-electron chi connectivity index (χ2n) is 7.49. The number of hydrogen-bond acceptors (Lipinski definition) is 5. The van der Waals surface area contributed by atoms with E-state index in [-0.39, 0.29) is 18.1 Å². The molecule has 144 valence electrons. The minimum absolute atomic E-state index is 0.0445. The summed E-state index contributed by atoms with van der Waals surface area (Å²) < 4.78 is 20.1. The molecule has 1 aliphatic carbocycles. The van der Waals surface area contributed by atoms with E-state index in [2.05, 4.69) is 9.97 Å². The summed E-state index contributed by atoms with van der Waals surface area (Å²) >= 11 is 0. The highest BCUT2D eigenvalue weighted by Gasteiger charge is 2.26. The first kappa shape index (κ1) is 17.2. The number of aromatic nitrogens is 2. The highest BCUT2D eigenvalue weighted by molar-refractivity contribution is 5.79. The van der Waals surface area contributed by atoms with Crippen LogP contribution >= 0.6 is 0 Å². The number of halogens is 1. The lowest BCUT2D eigenvalue weighted by Crippen LogP contribution is -2.49. The van der Waals surface area contributed by atoms with E-state index in [1.807, 2.05) is 23.1 Å². The molecular weight excluding hydrogens is 359 g/mol. The van der Waals surface area contributed by atoms with E-state index in [1.54, 1.807) is 23.2 Å². The Morgan fingerprint density at radius 3 is 2.71 bits per heavy atom. The van der Waals surface area contributed by atoms with Gasteiger partial charge in [0, 0.05) is 32.4 Å². The van der Waals surface area contributed by atoms with Crippen molar-refractivity contribution in [3.63, 3.8) is 0 Å². The Balaban J connectivity index is 1.21. The van der Waals surface area contributed by atoms with Gasteiger partial charge in [0.15, 0.2) is 5.58 Å². The predicted molar refractivity (Wildman–Crippen MR) is 103 cm³/mol. The van der Waals surface area contributed by atoms with Gasteiger partial charge in [-0.25, -0.2) is 9.37 Å². The lowest BCUT2D eigenvalue weighted by atomic mass is 10.0. The molecule has 0 N–H and O–H groups in total. The Bertz CT molecular complexity index is 989. The maximum Gasteiger partial charge on any atom is 0.300 e. The molecule has 1 saturated heterocycles. The topological polar surface area (TPSA) is 62.5 Å². The number of oxazole rings is 1. The summed E-state index contributed by atoms with van der Waals surface area (Å²) in [6.07, 6.45) is 4.06. The highest BCUT2D eigenvalue weighted by Crippen LogP contribution is 2.40. The third-order valence-corrected chi connectivity index (χ3v) is 5.52. The number of pyridine rings is 1. The van der Waals surface area contributed by atoms with Crippen molar-refractivity contribution in [2.45, 2.75) is 25.2 Å². The number of piperazine rings is 1. The first-order chi connectivity index (χ1) is 13.7. The van der Waals surface area contributed by atoms with Gasteiger partial charge in [0.2, 0.25) is 11.6 Å². The van der Waals surface area contributed by atoms with Gasteiger partial charge in [0.25, 0.3) is 6.01 Å². The van der Waals surface area contributed by atoms with Gasteiger partial charge in [-0.05, 0) is 48.1 Å². The summed E-state index contributed by atoms with van der Waals surface area (Å²) in [6.45, 7) is 2.38. The fourth-order valence-corrected chi connectivity index (χ4v) is 3.69. The molecule has 1 amide bonds. The molecule has 0 unspecified atom stereocenters.